The Kier molecular flexibility index (Phi) is 3.72. The van der Waals surface area contributed by atoms with E-state index in [1.807, 2.05) is 30.0 Å². The molecule has 1 aliphatic heterocycles. The molecule has 1 N–H and O–H groups in total. The third kappa shape index (κ3) is 2.65. The number of carbonyl (C=O) groups is 1. The Bertz CT molecular complexity index is 915. The number of halogens is 1. The molecular formula is C16H17ClN6O. The Balaban J connectivity index is 1.51. The molecule has 3 aromatic rings. The van der Waals surface area contributed by atoms with E-state index in [9.17, 15) is 4.79 Å². The minimum atomic E-state index is 0.118. The zero-order valence-corrected chi connectivity index (χ0v) is 14.0. The summed E-state index contributed by atoms with van der Waals surface area (Å²) in [6.07, 6.45) is 1.22. The number of H-pyrrole nitrogens is 1. The Labute approximate surface area is 143 Å². The van der Waals surface area contributed by atoms with E-state index in [-0.39, 0.29) is 5.91 Å². The molecule has 0 atom stereocenters. The van der Waals surface area contributed by atoms with Crippen LogP contribution in [0.5, 0.6) is 0 Å². The van der Waals surface area contributed by atoms with Crippen LogP contribution >= 0.6 is 11.6 Å². The summed E-state index contributed by atoms with van der Waals surface area (Å²) in [6.45, 7) is 3.66. The van der Waals surface area contributed by atoms with Gasteiger partial charge in [-0.15, -0.1) is 5.10 Å². The summed E-state index contributed by atoms with van der Waals surface area (Å²) in [7, 11) is 0. The molecule has 1 aliphatic rings. The van der Waals surface area contributed by atoms with Gasteiger partial charge in [-0.25, -0.2) is 4.68 Å². The number of rotatable bonds is 3. The fraction of sp³-hybridized carbons (Fsp3) is 0.375. The number of hydrogen-bond donors (Lipinski definition) is 1. The number of tetrazole rings is 1. The third-order valence-corrected chi connectivity index (χ3v) is 4.77. The van der Waals surface area contributed by atoms with Crippen molar-refractivity contribution in [2.24, 2.45) is 0 Å². The van der Waals surface area contributed by atoms with Crippen molar-refractivity contribution in [3.63, 3.8) is 0 Å². The number of hydrogen-bond acceptors (Lipinski definition) is 4. The topological polar surface area (TPSA) is 79.7 Å². The molecule has 0 fully saturated rings. The monoisotopic (exact) mass is 344 g/mol. The fourth-order valence-electron chi connectivity index (χ4n) is 3.21. The summed E-state index contributed by atoms with van der Waals surface area (Å²) in [5.41, 5.74) is 3.45. The van der Waals surface area contributed by atoms with Gasteiger partial charge < -0.3 is 9.88 Å². The van der Waals surface area contributed by atoms with Crippen LogP contribution < -0.4 is 0 Å². The zero-order chi connectivity index (χ0) is 16.7. The summed E-state index contributed by atoms with van der Waals surface area (Å²) >= 11 is 6.12. The summed E-state index contributed by atoms with van der Waals surface area (Å²) in [5.74, 6) is 0.835. The van der Waals surface area contributed by atoms with Gasteiger partial charge in [-0.1, -0.05) is 11.6 Å². The van der Waals surface area contributed by atoms with Gasteiger partial charge in [0.15, 0.2) is 0 Å². The molecule has 0 aliphatic carbocycles. The van der Waals surface area contributed by atoms with Gasteiger partial charge in [-0.2, -0.15) is 0 Å². The second-order valence-electron chi connectivity index (χ2n) is 6.04. The van der Waals surface area contributed by atoms with Gasteiger partial charge in [-0.3, -0.25) is 4.79 Å². The number of benzene rings is 1. The van der Waals surface area contributed by atoms with E-state index in [2.05, 4.69) is 20.5 Å². The number of nitrogens with zero attached hydrogens (tertiary/aromatic N) is 5. The smallest absolute Gasteiger partial charge is 0.224 e. The molecule has 0 saturated carbocycles. The minimum absolute atomic E-state index is 0.118. The first-order valence-electron chi connectivity index (χ1n) is 7.91. The van der Waals surface area contributed by atoms with Crippen LogP contribution in [0.25, 0.3) is 10.9 Å². The lowest BCUT2D eigenvalue weighted by Crippen LogP contribution is -2.36. The fourth-order valence-corrected chi connectivity index (χ4v) is 3.39. The van der Waals surface area contributed by atoms with Crippen LogP contribution in [0.3, 0.4) is 0 Å². The highest BCUT2D eigenvalue weighted by atomic mass is 35.5. The molecule has 1 amide bonds. The minimum Gasteiger partial charge on any atom is -0.358 e. The number of amides is 1. The molecule has 4 rings (SSSR count). The molecule has 0 spiro atoms. The average Bonchev–Trinajstić information content (AvgIpc) is 3.15. The summed E-state index contributed by atoms with van der Waals surface area (Å²) in [6, 6.07) is 5.83. The third-order valence-electron chi connectivity index (χ3n) is 4.54. The summed E-state index contributed by atoms with van der Waals surface area (Å²) < 4.78 is 1.65. The van der Waals surface area contributed by atoms with E-state index in [1.165, 1.54) is 11.3 Å². The van der Waals surface area contributed by atoms with E-state index in [4.69, 9.17) is 11.6 Å². The van der Waals surface area contributed by atoms with Crippen LogP contribution in [0.4, 0.5) is 0 Å². The normalized spacial score (nSPS) is 14.2. The lowest BCUT2D eigenvalue weighted by molar-refractivity contribution is -0.132. The highest BCUT2D eigenvalue weighted by Gasteiger charge is 2.24. The van der Waals surface area contributed by atoms with E-state index in [0.717, 1.165) is 29.7 Å². The molecule has 124 valence electrons. The predicted octanol–water partition coefficient (Wildman–Crippen LogP) is 2.09. The van der Waals surface area contributed by atoms with Gasteiger partial charge in [0.2, 0.25) is 5.91 Å². The zero-order valence-electron chi connectivity index (χ0n) is 13.3. The molecule has 0 radical (unpaired) electrons. The number of nitrogens with one attached hydrogen (secondary N) is 1. The van der Waals surface area contributed by atoms with Gasteiger partial charge in [0.1, 0.15) is 5.82 Å². The number of fused-ring (bicyclic) bond motifs is 3. The molecule has 0 saturated heterocycles. The molecule has 0 bridgehead atoms. The van der Waals surface area contributed by atoms with Crippen molar-refractivity contribution in [1.82, 2.24) is 30.1 Å². The average molecular weight is 345 g/mol. The van der Waals surface area contributed by atoms with Gasteiger partial charge >= 0.3 is 0 Å². The quantitative estimate of drug-likeness (QED) is 0.789. The maximum absolute atomic E-state index is 12.5. The van der Waals surface area contributed by atoms with Crippen molar-refractivity contribution < 1.29 is 4.79 Å². The standard InChI is InChI=1S/C16H17ClN6O/c1-10-19-20-21-23(10)7-5-16(24)22-6-4-15-13(9-22)12-8-11(17)2-3-14(12)18-15/h2-3,8,18H,4-7,9H2,1H3. The molecule has 24 heavy (non-hydrogen) atoms. The molecule has 7 nitrogen and oxygen atoms in total. The lowest BCUT2D eigenvalue weighted by Gasteiger charge is -2.27. The van der Waals surface area contributed by atoms with Crippen molar-refractivity contribution >= 4 is 28.4 Å². The first-order valence-corrected chi connectivity index (χ1v) is 8.29. The Morgan fingerprint density at radius 2 is 2.29 bits per heavy atom. The molecule has 8 heteroatoms. The maximum atomic E-state index is 12.5. The Hall–Kier alpha value is -2.41. The maximum Gasteiger partial charge on any atom is 0.224 e. The van der Waals surface area contributed by atoms with Crippen LogP contribution in [0.15, 0.2) is 18.2 Å². The highest BCUT2D eigenvalue weighted by molar-refractivity contribution is 6.31. The van der Waals surface area contributed by atoms with Crippen LogP contribution in [0.1, 0.15) is 23.5 Å². The van der Waals surface area contributed by atoms with Crippen molar-refractivity contribution in [2.75, 3.05) is 6.54 Å². The van der Waals surface area contributed by atoms with Crippen molar-refractivity contribution in [2.45, 2.75) is 32.9 Å². The van der Waals surface area contributed by atoms with Crippen molar-refractivity contribution in [3.05, 3.63) is 40.3 Å². The highest BCUT2D eigenvalue weighted by Crippen LogP contribution is 2.29. The van der Waals surface area contributed by atoms with Gasteiger partial charge in [0.25, 0.3) is 0 Å². The number of aromatic nitrogens is 5. The molecule has 3 heterocycles. The van der Waals surface area contributed by atoms with Gasteiger partial charge in [0.05, 0.1) is 6.54 Å². The molecular weight excluding hydrogens is 328 g/mol. The van der Waals surface area contributed by atoms with Gasteiger partial charge in [-0.05, 0) is 35.5 Å². The van der Waals surface area contributed by atoms with E-state index < -0.39 is 0 Å². The lowest BCUT2D eigenvalue weighted by atomic mass is 10.0. The van der Waals surface area contributed by atoms with E-state index >= 15 is 0 Å². The van der Waals surface area contributed by atoms with Crippen molar-refractivity contribution in [1.29, 1.82) is 0 Å². The predicted molar refractivity (Wildman–Crippen MR) is 89.6 cm³/mol. The van der Waals surface area contributed by atoms with Crippen molar-refractivity contribution in [3.8, 4) is 0 Å². The first kappa shape index (κ1) is 15.1. The summed E-state index contributed by atoms with van der Waals surface area (Å²) in [4.78, 5) is 17.9. The van der Waals surface area contributed by atoms with Crippen LogP contribution in [-0.4, -0.2) is 42.5 Å². The SMILES string of the molecule is Cc1nnnn1CCC(=O)N1CCc2[nH]c3ccc(Cl)cc3c2C1. The van der Waals surface area contributed by atoms with E-state index in [0.29, 0.717) is 24.5 Å². The van der Waals surface area contributed by atoms with Gasteiger partial charge in [0, 0.05) is 53.1 Å². The molecule has 2 aromatic heterocycles. The Morgan fingerprint density at radius 3 is 3.08 bits per heavy atom. The van der Waals surface area contributed by atoms with Crippen LogP contribution in [-0.2, 0) is 24.3 Å². The second-order valence-corrected chi connectivity index (χ2v) is 6.47. The number of carbonyl (C=O) groups excluding carboxylic acids is 1. The second kappa shape index (κ2) is 5.90. The molecule has 0 unspecified atom stereocenters. The first-order chi connectivity index (χ1) is 11.6. The summed E-state index contributed by atoms with van der Waals surface area (Å²) in [5, 5.41) is 13.1. The largest absolute Gasteiger partial charge is 0.358 e. The van der Waals surface area contributed by atoms with Crippen LogP contribution in [0, 0.1) is 6.92 Å². The number of aromatic amines is 1. The molecule has 1 aromatic carbocycles. The Morgan fingerprint density at radius 1 is 1.42 bits per heavy atom. The van der Waals surface area contributed by atoms with E-state index in [1.54, 1.807) is 4.68 Å². The number of aryl methyl sites for hydroxylation is 2. The van der Waals surface area contributed by atoms with Crippen LogP contribution in [0.2, 0.25) is 5.02 Å².